The Balaban J connectivity index is 2.52. The van der Waals surface area contributed by atoms with Crippen LogP contribution >= 0.6 is 22.9 Å². The lowest BCUT2D eigenvalue weighted by Gasteiger charge is -1.96. The van der Waals surface area contributed by atoms with Crippen molar-refractivity contribution in [2.45, 2.75) is 6.92 Å². The van der Waals surface area contributed by atoms with Gasteiger partial charge >= 0.3 is 0 Å². The van der Waals surface area contributed by atoms with Gasteiger partial charge in [0.25, 0.3) is 0 Å². The Morgan fingerprint density at radius 1 is 1.23 bits per heavy atom. The van der Waals surface area contributed by atoms with Gasteiger partial charge in [-0.3, -0.25) is 4.98 Å². The second-order valence-electron chi connectivity index (χ2n) is 2.61. The Labute approximate surface area is 85.2 Å². The van der Waals surface area contributed by atoms with Crippen molar-refractivity contribution < 1.29 is 0 Å². The molecule has 0 aromatic carbocycles. The first-order valence-electron chi connectivity index (χ1n) is 3.80. The van der Waals surface area contributed by atoms with Crippen LogP contribution in [0.2, 0.25) is 5.15 Å². The highest BCUT2D eigenvalue weighted by Crippen LogP contribution is 2.29. The third-order valence-corrected chi connectivity index (χ3v) is 2.91. The van der Waals surface area contributed by atoms with Gasteiger partial charge in [-0.1, -0.05) is 11.6 Å². The number of nitrogens with zero attached hydrogens (tertiary/aromatic N) is 2. The molecule has 2 aromatic rings. The molecule has 66 valence electrons. The molecule has 0 aliphatic carbocycles. The lowest BCUT2D eigenvalue weighted by atomic mass is 10.3. The van der Waals surface area contributed by atoms with Crippen molar-refractivity contribution in [2.24, 2.45) is 0 Å². The standard InChI is InChI=1S/C9H7ClN2S/c1-6-2-3-7(13-6)8-9(10)12-5-4-11-8/h2-5H,1H3. The zero-order valence-electron chi connectivity index (χ0n) is 6.99. The van der Waals surface area contributed by atoms with E-state index in [1.54, 1.807) is 23.7 Å². The summed E-state index contributed by atoms with van der Waals surface area (Å²) in [5.74, 6) is 0. The lowest BCUT2D eigenvalue weighted by Crippen LogP contribution is -1.83. The summed E-state index contributed by atoms with van der Waals surface area (Å²) in [6.07, 6.45) is 3.24. The van der Waals surface area contributed by atoms with E-state index in [0.717, 1.165) is 10.6 Å². The first kappa shape index (κ1) is 8.66. The summed E-state index contributed by atoms with van der Waals surface area (Å²) in [5.41, 5.74) is 0.766. The fourth-order valence-corrected chi connectivity index (χ4v) is 2.18. The predicted molar refractivity (Wildman–Crippen MR) is 55.1 cm³/mol. The maximum absolute atomic E-state index is 5.90. The molecule has 0 unspecified atom stereocenters. The van der Waals surface area contributed by atoms with Gasteiger partial charge in [-0.25, -0.2) is 4.98 Å². The predicted octanol–water partition coefficient (Wildman–Crippen LogP) is 3.17. The zero-order chi connectivity index (χ0) is 9.26. The van der Waals surface area contributed by atoms with E-state index in [1.807, 2.05) is 12.1 Å². The molecule has 0 amide bonds. The maximum atomic E-state index is 5.90. The van der Waals surface area contributed by atoms with Crippen LogP contribution in [0.25, 0.3) is 10.6 Å². The van der Waals surface area contributed by atoms with Crippen molar-refractivity contribution >= 4 is 22.9 Å². The molecule has 13 heavy (non-hydrogen) atoms. The van der Waals surface area contributed by atoms with Crippen molar-refractivity contribution in [3.63, 3.8) is 0 Å². The van der Waals surface area contributed by atoms with Gasteiger partial charge < -0.3 is 0 Å². The van der Waals surface area contributed by atoms with Crippen molar-refractivity contribution in [1.82, 2.24) is 9.97 Å². The van der Waals surface area contributed by atoms with E-state index in [-0.39, 0.29) is 0 Å². The molecular weight excluding hydrogens is 204 g/mol. The molecule has 0 N–H and O–H groups in total. The minimum absolute atomic E-state index is 0.462. The van der Waals surface area contributed by atoms with Crippen LogP contribution in [0.5, 0.6) is 0 Å². The van der Waals surface area contributed by atoms with Crippen molar-refractivity contribution in [1.29, 1.82) is 0 Å². The Hall–Kier alpha value is -0.930. The number of rotatable bonds is 1. The highest BCUT2D eigenvalue weighted by molar-refractivity contribution is 7.15. The monoisotopic (exact) mass is 210 g/mol. The van der Waals surface area contributed by atoms with Gasteiger partial charge in [0, 0.05) is 17.3 Å². The molecule has 0 atom stereocenters. The zero-order valence-corrected chi connectivity index (χ0v) is 8.56. The maximum Gasteiger partial charge on any atom is 0.156 e. The number of aryl methyl sites for hydroxylation is 1. The molecular formula is C9H7ClN2S. The van der Waals surface area contributed by atoms with Gasteiger partial charge in [-0.15, -0.1) is 11.3 Å². The van der Waals surface area contributed by atoms with Crippen LogP contribution in [0.3, 0.4) is 0 Å². The second kappa shape index (κ2) is 3.44. The summed E-state index contributed by atoms with van der Waals surface area (Å²) in [7, 11) is 0. The van der Waals surface area contributed by atoms with Gasteiger partial charge in [0.05, 0.1) is 4.88 Å². The number of halogens is 1. The van der Waals surface area contributed by atoms with Crippen LogP contribution in [-0.2, 0) is 0 Å². The minimum Gasteiger partial charge on any atom is -0.251 e. The fourth-order valence-electron chi connectivity index (χ4n) is 1.05. The smallest absolute Gasteiger partial charge is 0.156 e. The molecule has 0 radical (unpaired) electrons. The first-order valence-corrected chi connectivity index (χ1v) is 5.00. The van der Waals surface area contributed by atoms with Gasteiger partial charge in [0.1, 0.15) is 5.69 Å². The van der Waals surface area contributed by atoms with Crippen molar-refractivity contribution in [3.05, 3.63) is 34.6 Å². The van der Waals surface area contributed by atoms with E-state index >= 15 is 0 Å². The van der Waals surface area contributed by atoms with Crippen LogP contribution in [-0.4, -0.2) is 9.97 Å². The van der Waals surface area contributed by atoms with Gasteiger partial charge in [-0.2, -0.15) is 0 Å². The van der Waals surface area contributed by atoms with Crippen LogP contribution in [0.4, 0.5) is 0 Å². The van der Waals surface area contributed by atoms with Gasteiger partial charge in [0.2, 0.25) is 0 Å². The Bertz CT molecular complexity index is 425. The van der Waals surface area contributed by atoms with E-state index < -0.39 is 0 Å². The van der Waals surface area contributed by atoms with E-state index in [4.69, 9.17) is 11.6 Å². The minimum atomic E-state index is 0.462. The lowest BCUT2D eigenvalue weighted by molar-refractivity contribution is 1.21. The molecule has 0 spiro atoms. The number of hydrogen-bond acceptors (Lipinski definition) is 3. The molecule has 0 aliphatic rings. The van der Waals surface area contributed by atoms with E-state index in [0.29, 0.717) is 5.15 Å². The molecule has 4 heteroatoms. The molecule has 2 aromatic heterocycles. The molecule has 0 aliphatic heterocycles. The van der Waals surface area contributed by atoms with Crippen LogP contribution in [0.1, 0.15) is 4.88 Å². The molecule has 2 rings (SSSR count). The molecule has 0 saturated heterocycles. The normalized spacial score (nSPS) is 10.3. The number of thiophene rings is 1. The number of hydrogen-bond donors (Lipinski definition) is 0. The molecule has 0 bridgehead atoms. The summed E-state index contributed by atoms with van der Waals surface area (Å²) in [5, 5.41) is 0.462. The quantitative estimate of drug-likeness (QED) is 0.723. The third kappa shape index (κ3) is 1.71. The fraction of sp³-hybridized carbons (Fsp3) is 0.111. The van der Waals surface area contributed by atoms with Crippen LogP contribution in [0, 0.1) is 6.92 Å². The third-order valence-electron chi connectivity index (χ3n) is 1.63. The molecule has 0 saturated carbocycles. The molecule has 0 fully saturated rings. The summed E-state index contributed by atoms with van der Waals surface area (Å²) in [6.45, 7) is 2.05. The van der Waals surface area contributed by atoms with Crippen LogP contribution in [0.15, 0.2) is 24.5 Å². The SMILES string of the molecule is Cc1ccc(-c2nccnc2Cl)s1. The van der Waals surface area contributed by atoms with Gasteiger partial charge in [0.15, 0.2) is 5.15 Å². The highest BCUT2D eigenvalue weighted by atomic mass is 35.5. The first-order chi connectivity index (χ1) is 6.27. The Morgan fingerprint density at radius 2 is 2.00 bits per heavy atom. The van der Waals surface area contributed by atoms with E-state index in [9.17, 15) is 0 Å². The summed E-state index contributed by atoms with van der Waals surface area (Å²) >= 11 is 7.57. The summed E-state index contributed by atoms with van der Waals surface area (Å²) in [4.78, 5) is 10.5. The van der Waals surface area contributed by atoms with Gasteiger partial charge in [-0.05, 0) is 19.1 Å². The van der Waals surface area contributed by atoms with E-state index in [2.05, 4.69) is 16.9 Å². The average molecular weight is 211 g/mol. The second-order valence-corrected chi connectivity index (χ2v) is 4.25. The topological polar surface area (TPSA) is 25.8 Å². The van der Waals surface area contributed by atoms with Crippen molar-refractivity contribution in [3.8, 4) is 10.6 Å². The average Bonchev–Trinajstić information content (AvgIpc) is 2.53. The summed E-state index contributed by atoms with van der Waals surface area (Å²) < 4.78 is 0. The van der Waals surface area contributed by atoms with E-state index in [1.165, 1.54) is 4.88 Å². The Kier molecular flexibility index (Phi) is 2.29. The molecule has 2 nitrogen and oxygen atoms in total. The largest absolute Gasteiger partial charge is 0.251 e. The molecule has 2 heterocycles. The van der Waals surface area contributed by atoms with Crippen molar-refractivity contribution in [2.75, 3.05) is 0 Å². The highest BCUT2D eigenvalue weighted by Gasteiger charge is 2.06. The Morgan fingerprint density at radius 3 is 2.62 bits per heavy atom. The number of aromatic nitrogens is 2. The van der Waals surface area contributed by atoms with Crippen LogP contribution < -0.4 is 0 Å². The summed E-state index contributed by atoms with van der Waals surface area (Å²) in [6, 6.07) is 4.06.